The number of rotatable bonds is 6. The highest BCUT2D eigenvalue weighted by atomic mass is 16.5. The van der Waals surface area contributed by atoms with Crippen molar-refractivity contribution in [1.82, 2.24) is 0 Å². The smallest absolute Gasteiger partial charge is 0.0615 e. The summed E-state index contributed by atoms with van der Waals surface area (Å²) in [5, 5.41) is 0. The molecule has 3 nitrogen and oxygen atoms in total. The van der Waals surface area contributed by atoms with Gasteiger partial charge < -0.3 is 15.2 Å². The van der Waals surface area contributed by atoms with Crippen molar-refractivity contribution in [3.05, 3.63) is 0 Å². The van der Waals surface area contributed by atoms with Crippen molar-refractivity contribution in [2.75, 3.05) is 26.9 Å². The van der Waals surface area contributed by atoms with Gasteiger partial charge in [-0.15, -0.1) is 0 Å². The van der Waals surface area contributed by atoms with E-state index >= 15 is 0 Å². The molecule has 1 rings (SSSR count). The third-order valence-electron chi connectivity index (χ3n) is 3.22. The van der Waals surface area contributed by atoms with E-state index in [4.69, 9.17) is 15.2 Å². The first-order valence-corrected chi connectivity index (χ1v) is 6.19. The first kappa shape index (κ1) is 12.9. The molecule has 0 aromatic carbocycles. The van der Waals surface area contributed by atoms with Gasteiger partial charge in [-0.1, -0.05) is 19.3 Å². The van der Waals surface area contributed by atoms with Crippen LogP contribution in [0.1, 0.15) is 38.5 Å². The van der Waals surface area contributed by atoms with E-state index in [9.17, 15) is 0 Å². The van der Waals surface area contributed by atoms with Crippen LogP contribution in [0.3, 0.4) is 0 Å². The van der Waals surface area contributed by atoms with Crippen LogP contribution in [-0.2, 0) is 9.47 Å². The summed E-state index contributed by atoms with van der Waals surface area (Å²) < 4.78 is 10.9. The minimum absolute atomic E-state index is 0.398. The van der Waals surface area contributed by atoms with Gasteiger partial charge in [-0.2, -0.15) is 0 Å². The van der Waals surface area contributed by atoms with Crippen molar-refractivity contribution < 1.29 is 9.47 Å². The number of nitrogens with two attached hydrogens (primary N) is 1. The summed E-state index contributed by atoms with van der Waals surface area (Å²) in [6, 6.07) is 0. The van der Waals surface area contributed by atoms with Crippen LogP contribution in [0.15, 0.2) is 0 Å². The standard InChI is InChI=1S/C12H25NO2/c1-14-8-5-9-15-12-7-4-2-3-6-11(12)10-13/h11-12H,2-10,13H2,1H3. The van der Waals surface area contributed by atoms with Crippen molar-refractivity contribution in [3.8, 4) is 0 Å². The predicted molar refractivity (Wildman–Crippen MR) is 61.9 cm³/mol. The maximum absolute atomic E-state index is 5.91. The molecule has 0 heterocycles. The fourth-order valence-corrected chi connectivity index (χ4v) is 2.28. The lowest BCUT2D eigenvalue weighted by atomic mass is 9.97. The maximum atomic E-state index is 5.91. The molecular weight excluding hydrogens is 190 g/mol. The molecule has 0 aromatic heterocycles. The van der Waals surface area contributed by atoms with Gasteiger partial charge in [0.15, 0.2) is 0 Å². The number of methoxy groups -OCH3 is 1. The fraction of sp³-hybridized carbons (Fsp3) is 1.00. The highest BCUT2D eigenvalue weighted by Crippen LogP contribution is 2.25. The Bertz CT molecular complexity index is 153. The summed E-state index contributed by atoms with van der Waals surface area (Å²) >= 11 is 0. The van der Waals surface area contributed by atoms with Crippen molar-refractivity contribution in [2.45, 2.75) is 44.6 Å². The van der Waals surface area contributed by atoms with Gasteiger partial charge in [0, 0.05) is 20.3 Å². The monoisotopic (exact) mass is 215 g/mol. The van der Waals surface area contributed by atoms with E-state index < -0.39 is 0 Å². The molecule has 1 aliphatic carbocycles. The summed E-state index contributed by atoms with van der Waals surface area (Å²) in [4.78, 5) is 0. The molecule has 0 bridgehead atoms. The minimum Gasteiger partial charge on any atom is -0.385 e. The molecule has 1 aliphatic rings. The third-order valence-corrected chi connectivity index (χ3v) is 3.22. The molecule has 1 fully saturated rings. The summed E-state index contributed by atoms with van der Waals surface area (Å²) in [6.45, 7) is 2.38. The first-order chi connectivity index (χ1) is 7.38. The van der Waals surface area contributed by atoms with E-state index in [-0.39, 0.29) is 0 Å². The number of ether oxygens (including phenoxy) is 2. The van der Waals surface area contributed by atoms with Crippen LogP contribution >= 0.6 is 0 Å². The van der Waals surface area contributed by atoms with E-state index in [1.807, 2.05) is 0 Å². The van der Waals surface area contributed by atoms with Gasteiger partial charge in [0.05, 0.1) is 6.10 Å². The number of hydrogen-bond donors (Lipinski definition) is 1. The Kier molecular flexibility index (Phi) is 6.98. The minimum atomic E-state index is 0.398. The fourth-order valence-electron chi connectivity index (χ4n) is 2.28. The molecule has 3 heteroatoms. The van der Waals surface area contributed by atoms with Crippen LogP contribution in [0.4, 0.5) is 0 Å². The molecule has 0 radical (unpaired) electrons. The van der Waals surface area contributed by atoms with E-state index in [0.717, 1.165) is 26.2 Å². The molecule has 2 N–H and O–H groups in total. The van der Waals surface area contributed by atoms with Crippen molar-refractivity contribution in [2.24, 2.45) is 11.7 Å². The van der Waals surface area contributed by atoms with E-state index in [1.54, 1.807) is 7.11 Å². The Morgan fingerprint density at radius 2 is 1.93 bits per heavy atom. The highest BCUT2D eigenvalue weighted by Gasteiger charge is 2.22. The largest absolute Gasteiger partial charge is 0.385 e. The topological polar surface area (TPSA) is 44.5 Å². The van der Waals surface area contributed by atoms with Gasteiger partial charge in [0.25, 0.3) is 0 Å². The molecule has 1 saturated carbocycles. The summed E-state index contributed by atoms with van der Waals surface area (Å²) in [5.41, 5.74) is 5.79. The van der Waals surface area contributed by atoms with Gasteiger partial charge >= 0.3 is 0 Å². The number of hydrogen-bond acceptors (Lipinski definition) is 3. The van der Waals surface area contributed by atoms with Gasteiger partial charge in [-0.25, -0.2) is 0 Å². The van der Waals surface area contributed by atoms with Crippen LogP contribution in [0.25, 0.3) is 0 Å². The second-order valence-corrected chi connectivity index (χ2v) is 4.39. The van der Waals surface area contributed by atoms with Gasteiger partial charge in [-0.3, -0.25) is 0 Å². The second kappa shape index (κ2) is 8.08. The average molecular weight is 215 g/mol. The zero-order chi connectivity index (χ0) is 10.9. The lowest BCUT2D eigenvalue weighted by Crippen LogP contribution is -2.29. The summed E-state index contributed by atoms with van der Waals surface area (Å²) in [6.07, 6.45) is 7.78. The Labute approximate surface area is 93.3 Å². The summed E-state index contributed by atoms with van der Waals surface area (Å²) in [7, 11) is 1.73. The lowest BCUT2D eigenvalue weighted by Gasteiger charge is -2.24. The molecular formula is C12H25NO2. The van der Waals surface area contributed by atoms with E-state index in [1.165, 1.54) is 32.1 Å². The van der Waals surface area contributed by atoms with Crippen LogP contribution in [-0.4, -0.2) is 33.0 Å². The SMILES string of the molecule is COCCCOC1CCCCCC1CN. The second-order valence-electron chi connectivity index (χ2n) is 4.39. The van der Waals surface area contributed by atoms with Crippen LogP contribution in [0.5, 0.6) is 0 Å². The van der Waals surface area contributed by atoms with Gasteiger partial charge in [0.1, 0.15) is 0 Å². The Morgan fingerprint density at radius 3 is 2.67 bits per heavy atom. The average Bonchev–Trinajstić information content (AvgIpc) is 2.49. The quantitative estimate of drug-likeness (QED) is 0.544. The molecule has 15 heavy (non-hydrogen) atoms. The third kappa shape index (κ3) is 4.96. The Morgan fingerprint density at radius 1 is 1.13 bits per heavy atom. The molecule has 2 atom stereocenters. The van der Waals surface area contributed by atoms with Crippen LogP contribution < -0.4 is 5.73 Å². The van der Waals surface area contributed by atoms with Crippen molar-refractivity contribution in [3.63, 3.8) is 0 Å². The maximum Gasteiger partial charge on any atom is 0.0615 e. The summed E-state index contributed by atoms with van der Waals surface area (Å²) in [5.74, 6) is 0.579. The zero-order valence-corrected chi connectivity index (χ0v) is 9.91. The molecule has 0 spiro atoms. The van der Waals surface area contributed by atoms with E-state index in [0.29, 0.717) is 12.0 Å². The highest BCUT2D eigenvalue weighted by molar-refractivity contribution is 4.75. The molecule has 0 amide bonds. The van der Waals surface area contributed by atoms with Crippen molar-refractivity contribution in [1.29, 1.82) is 0 Å². The first-order valence-electron chi connectivity index (χ1n) is 6.19. The molecule has 90 valence electrons. The van der Waals surface area contributed by atoms with Crippen LogP contribution in [0, 0.1) is 5.92 Å². The van der Waals surface area contributed by atoms with Crippen LogP contribution in [0.2, 0.25) is 0 Å². The Hall–Kier alpha value is -0.120. The van der Waals surface area contributed by atoms with Gasteiger partial charge in [-0.05, 0) is 31.7 Å². The van der Waals surface area contributed by atoms with Crippen molar-refractivity contribution >= 4 is 0 Å². The molecule has 2 unspecified atom stereocenters. The van der Waals surface area contributed by atoms with E-state index in [2.05, 4.69) is 0 Å². The normalized spacial score (nSPS) is 27.6. The zero-order valence-electron chi connectivity index (χ0n) is 9.91. The molecule has 0 aliphatic heterocycles. The van der Waals surface area contributed by atoms with Gasteiger partial charge in [0.2, 0.25) is 0 Å². The lowest BCUT2D eigenvalue weighted by molar-refractivity contribution is 0.00189. The Balaban J connectivity index is 2.22. The predicted octanol–water partition coefficient (Wildman–Crippen LogP) is 1.95. The molecule has 0 aromatic rings. The molecule has 0 saturated heterocycles.